The van der Waals surface area contributed by atoms with Crippen molar-refractivity contribution < 1.29 is 5.11 Å². The van der Waals surface area contributed by atoms with E-state index in [0.29, 0.717) is 0 Å². The van der Waals surface area contributed by atoms with Crippen molar-refractivity contribution in [3.05, 3.63) is 66.4 Å². The summed E-state index contributed by atoms with van der Waals surface area (Å²) in [5.41, 5.74) is 3.76. The molecule has 3 nitrogen and oxygen atoms in total. The van der Waals surface area contributed by atoms with Crippen LogP contribution in [0.2, 0.25) is 0 Å². The van der Waals surface area contributed by atoms with Gasteiger partial charge in [-0.1, -0.05) is 42.0 Å². The van der Waals surface area contributed by atoms with Gasteiger partial charge in [-0.2, -0.15) is 5.10 Å². The number of nitrogens with zero attached hydrogens (tertiary/aromatic N) is 2. The van der Waals surface area contributed by atoms with Gasteiger partial charge in [0.15, 0.2) is 5.75 Å². The predicted octanol–water partition coefficient (Wildman–Crippen LogP) is 3.55. The third-order valence-electron chi connectivity index (χ3n) is 3.04. The maximum atomic E-state index is 10.1. The van der Waals surface area contributed by atoms with E-state index >= 15 is 0 Å². The standard InChI is InChI=1S/C16H14N2O/c1-12-6-5-7-13(10-12)16-15(19)11-17-18(16)14-8-3-2-4-9-14/h2-11,19H,1H3. The molecule has 0 radical (unpaired) electrons. The summed E-state index contributed by atoms with van der Waals surface area (Å²) >= 11 is 0. The molecule has 3 rings (SSSR count). The number of hydrogen-bond donors (Lipinski definition) is 1. The Labute approximate surface area is 111 Å². The van der Waals surface area contributed by atoms with Gasteiger partial charge in [0.2, 0.25) is 0 Å². The van der Waals surface area contributed by atoms with Crippen molar-refractivity contribution in [1.82, 2.24) is 9.78 Å². The molecule has 0 saturated carbocycles. The van der Waals surface area contributed by atoms with Crippen LogP contribution in [0.5, 0.6) is 5.75 Å². The maximum Gasteiger partial charge on any atom is 0.162 e. The Morgan fingerprint density at radius 1 is 1.00 bits per heavy atom. The Morgan fingerprint density at radius 2 is 1.79 bits per heavy atom. The normalized spacial score (nSPS) is 10.6. The predicted molar refractivity (Wildman–Crippen MR) is 75.4 cm³/mol. The first kappa shape index (κ1) is 11.5. The second-order valence-electron chi connectivity index (χ2n) is 4.50. The minimum absolute atomic E-state index is 0.189. The van der Waals surface area contributed by atoms with Crippen LogP contribution < -0.4 is 0 Å². The highest BCUT2D eigenvalue weighted by molar-refractivity contribution is 5.68. The third-order valence-corrected chi connectivity index (χ3v) is 3.04. The van der Waals surface area contributed by atoms with Crippen molar-refractivity contribution in [3.8, 4) is 22.7 Å². The highest BCUT2D eigenvalue weighted by Gasteiger charge is 2.13. The average molecular weight is 250 g/mol. The van der Waals surface area contributed by atoms with E-state index < -0.39 is 0 Å². The zero-order chi connectivity index (χ0) is 13.2. The van der Waals surface area contributed by atoms with E-state index in [1.165, 1.54) is 6.20 Å². The molecular weight excluding hydrogens is 236 g/mol. The Morgan fingerprint density at radius 3 is 2.53 bits per heavy atom. The van der Waals surface area contributed by atoms with Crippen LogP contribution in [-0.2, 0) is 0 Å². The van der Waals surface area contributed by atoms with E-state index in [2.05, 4.69) is 5.10 Å². The van der Waals surface area contributed by atoms with Gasteiger partial charge in [0.25, 0.3) is 0 Å². The van der Waals surface area contributed by atoms with E-state index in [9.17, 15) is 5.11 Å². The molecule has 0 saturated heterocycles. The second-order valence-corrected chi connectivity index (χ2v) is 4.50. The molecule has 1 N–H and O–H groups in total. The molecule has 0 aliphatic rings. The van der Waals surface area contributed by atoms with E-state index in [4.69, 9.17) is 0 Å². The van der Waals surface area contributed by atoms with Crippen molar-refractivity contribution in [2.24, 2.45) is 0 Å². The lowest BCUT2D eigenvalue weighted by molar-refractivity contribution is 0.477. The molecule has 2 aromatic carbocycles. The summed E-state index contributed by atoms with van der Waals surface area (Å²) in [6.45, 7) is 2.03. The highest BCUT2D eigenvalue weighted by atomic mass is 16.3. The van der Waals surface area contributed by atoms with E-state index in [1.807, 2.05) is 61.5 Å². The molecular formula is C16H14N2O. The number of rotatable bonds is 2. The summed E-state index contributed by atoms with van der Waals surface area (Å²) in [7, 11) is 0. The molecule has 0 aliphatic heterocycles. The largest absolute Gasteiger partial charge is 0.504 e. The van der Waals surface area contributed by atoms with Crippen LogP contribution in [0.15, 0.2) is 60.8 Å². The Balaban J connectivity index is 2.20. The van der Waals surface area contributed by atoms with Gasteiger partial charge in [-0.3, -0.25) is 0 Å². The van der Waals surface area contributed by atoms with Crippen molar-refractivity contribution in [3.63, 3.8) is 0 Å². The SMILES string of the molecule is Cc1cccc(-c2c(O)cnn2-c2ccccc2)c1. The molecule has 0 amide bonds. The van der Waals surface area contributed by atoms with E-state index in [-0.39, 0.29) is 5.75 Å². The summed E-state index contributed by atoms with van der Waals surface area (Å²) in [4.78, 5) is 0. The summed E-state index contributed by atoms with van der Waals surface area (Å²) in [6, 6.07) is 17.8. The van der Waals surface area contributed by atoms with Crippen LogP contribution in [0.1, 0.15) is 5.56 Å². The van der Waals surface area contributed by atoms with Crippen molar-refractivity contribution in [2.75, 3.05) is 0 Å². The second kappa shape index (κ2) is 4.61. The first-order valence-corrected chi connectivity index (χ1v) is 6.15. The fraction of sp³-hybridized carbons (Fsp3) is 0.0625. The number of aryl methyl sites for hydroxylation is 1. The van der Waals surface area contributed by atoms with Gasteiger partial charge < -0.3 is 5.11 Å². The maximum absolute atomic E-state index is 10.1. The van der Waals surface area contributed by atoms with Crippen LogP contribution in [0.3, 0.4) is 0 Å². The lowest BCUT2D eigenvalue weighted by Gasteiger charge is -2.08. The zero-order valence-corrected chi connectivity index (χ0v) is 10.6. The molecule has 3 heteroatoms. The van der Waals surface area contributed by atoms with Crippen LogP contribution >= 0.6 is 0 Å². The van der Waals surface area contributed by atoms with Crippen molar-refractivity contribution in [1.29, 1.82) is 0 Å². The molecule has 19 heavy (non-hydrogen) atoms. The number of aromatic hydroxyl groups is 1. The summed E-state index contributed by atoms with van der Waals surface area (Å²) < 4.78 is 1.75. The van der Waals surface area contributed by atoms with Crippen molar-refractivity contribution >= 4 is 0 Å². The van der Waals surface area contributed by atoms with Gasteiger partial charge >= 0.3 is 0 Å². The zero-order valence-electron chi connectivity index (χ0n) is 10.6. The summed E-state index contributed by atoms with van der Waals surface area (Å²) in [5.74, 6) is 0.189. The average Bonchev–Trinajstić information content (AvgIpc) is 2.82. The minimum Gasteiger partial charge on any atom is -0.504 e. The molecule has 0 fully saturated rings. The van der Waals surface area contributed by atoms with E-state index in [1.54, 1.807) is 4.68 Å². The Hall–Kier alpha value is -2.55. The topological polar surface area (TPSA) is 38.1 Å². The number of hydrogen-bond acceptors (Lipinski definition) is 2. The molecule has 94 valence electrons. The summed E-state index contributed by atoms with van der Waals surface area (Å²) in [5, 5.41) is 14.3. The highest BCUT2D eigenvalue weighted by Crippen LogP contribution is 2.31. The number of para-hydroxylation sites is 1. The Bertz CT molecular complexity index is 702. The van der Waals surface area contributed by atoms with Gasteiger partial charge in [0.1, 0.15) is 5.69 Å². The van der Waals surface area contributed by atoms with E-state index in [0.717, 1.165) is 22.5 Å². The lowest BCUT2D eigenvalue weighted by Crippen LogP contribution is -1.98. The molecule has 0 aliphatic carbocycles. The molecule has 0 atom stereocenters. The quantitative estimate of drug-likeness (QED) is 0.755. The van der Waals surface area contributed by atoms with Gasteiger partial charge in [-0.05, 0) is 25.1 Å². The fourth-order valence-corrected chi connectivity index (χ4v) is 2.17. The number of benzene rings is 2. The van der Waals surface area contributed by atoms with Crippen molar-refractivity contribution in [2.45, 2.75) is 6.92 Å². The molecule has 1 aromatic heterocycles. The first-order valence-electron chi connectivity index (χ1n) is 6.15. The molecule has 0 bridgehead atoms. The molecule has 0 unspecified atom stereocenters. The minimum atomic E-state index is 0.189. The molecule has 3 aromatic rings. The first-order chi connectivity index (χ1) is 9.25. The fourth-order valence-electron chi connectivity index (χ4n) is 2.17. The monoisotopic (exact) mass is 250 g/mol. The summed E-state index contributed by atoms with van der Waals surface area (Å²) in [6.07, 6.45) is 1.48. The molecule has 0 spiro atoms. The lowest BCUT2D eigenvalue weighted by atomic mass is 10.1. The molecule has 1 heterocycles. The van der Waals surface area contributed by atoms with Gasteiger partial charge in [0, 0.05) is 5.56 Å². The third kappa shape index (κ3) is 2.10. The van der Waals surface area contributed by atoms with Crippen LogP contribution in [0.4, 0.5) is 0 Å². The van der Waals surface area contributed by atoms with Crippen LogP contribution in [-0.4, -0.2) is 14.9 Å². The number of aromatic nitrogens is 2. The van der Waals surface area contributed by atoms with Gasteiger partial charge in [-0.25, -0.2) is 4.68 Å². The van der Waals surface area contributed by atoms with Crippen LogP contribution in [0, 0.1) is 6.92 Å². The van der Waals surface area contributed by atoms with Gasteiger partial charge in [0.05, 0.1) is 11.9 Å². The van der Waals surface area contributed by atoms with Crippen LogP contribution in [0.25, 0.3) is 16.9 Å². The Kier molecular flexibility index (Phi) is 2.80. The van der Waals surface area contributed by atoms with Gasteiger partial charge in [-0.15, -0.1) is 0 Å². The smallest absolute Gasteiger partial charge is 0.162 e.